The SMILES string of the molecule is COCCCNC1(CO)CNC1. The molecular weight excluding hydrogens is 156 g/mol. The van der Waals surface area contributed by atoms with Crippen molar-refractivity contribution in [3.63, 3.8) is 0 Å². The topological polar surface area (TPSA) is 53.5 Å². The first kappa shape index (κ1) is 9.92. The van der Waals surface area contributed by atoms with Crippen LogP contribution in [0, 0.1) is 0 Å². The molecule has 4 heteroatoms. The number of aliphatic hydroxyl groups excluding tert-OH is 1. The summed E-state index contributed by atoms with van der Waals surface area (Å²) in [6.07, 6.45) is 0.998. The van der Waals surface area contributed by atoms with Crippen LogP contribution in [-0.4, -0.2) is 50.6 Å². The summed E-state index contributed by atoms with van der Waals surface area (Å²) >= 11 is 0. The quantitative estimate of drug-likeness (QED) is 0.450. The van der Waals surface area contributed by atoms with E-state index in [9.17, 15) is 0 Å². The van der Waals surface area contributed by atoms with Crippen molar-refractivity contribution in [3.05, 3.63) is 0 Å². The molecule has 0 spiro atoms. The molecule has 1 heterocycles. The zero-order valence-electron chi connectivity index (χ0n) is 7.60. The van der Waals surface area contributed by atoms with E-state index in [1.807, 2.05) is 0 Å². The summed E-state index contributed by atoms with van der Waals surface area (Å²) in [5.41, 5.74) is -0.0479. The second-order valence-corrected chi connectivity index (χ2v) is 3.32. The average Bonchev–Trinajstić information content (AvgIpc) is 2.02. The lowest BCUT2D eigenvalue weighted by Crippen LogP contribution is -2.70. The molecule has 0 aromatic carbocycles. The van der Waals surface area contributed by atoms with E-state index in [-0.39, 0.29) is 12.1 Å². The zero-order chi connectivity index (χ0) is 8.86. The molecule has 12 heavy (non-hydrogen) atoms. The van der Waals surface area contributed by atoms with E-state index in [0.717, 1.165) is 32.7 Å². The standard InChI is InChI=1S/C8H18N2O2/c1-12-4-2-3-10-8(7-11)5-9-6-8/h9-11H,2-7H2,1H3. The number of nitrogens with one attached hydrogen (secondary N) is 2. The highest BCUT2D eigenvalue weighted by molar-refractivity contribution is 4.99. The normalized spacial score (nSPS) is 20.5. The van der Waals surface area contributed by atoms with Gasteiger partial charge in [0.05, 0.1) is 12.1 Å². The van der Waals surface area contributed by atoms with E-state index in [1.165, 1.54) is 0 Å². The van der Waals surface area contributed by atoms with Gasteiger partial charge >= 0.3 is 0 Å². The predicted octanol–water partition coefficient (Wildman–Crippen LogP) is -1.05. The van der Waals surface area contributed by atoms with Gasteiger partial charge in [-0.05, 0) is 13.0 Å². The third kappa shape index (κ3) is 2.42. The van der Waals surface area contributed by atoms with E-state index in [0.29, 0.717) is 0 Å². The van der Waals surface area contributed by atoms with Gasteiger partial charge in [0, 0.05) is 26.8 Å². The van der Waals surface area contributed by atoms with Gasteiger partial charge in [0.25, 0.3) is 0 Å². The second-order valence-electron chi connectivity index (χ2n) is 3.32. The third-order valence-corrected chi connectivity index (χ3v) is 2.25. The lowest BCUT2D eigenvalue weighted by atomic mass is 9.93. The van der Waals surface area contributed by atoms with Gasteiger partial charge < -0.3 is 20.5 Å². The van der Waals surface area contributed by atoms with Crippen molar-refractivity contribution in [1.29, 1.82) is 0 Å². The summed E-state index contributed by atoms with van der Waals surface area (Å²) in [6, 6.07) is 0. The number of aliphatic hydroxyl groups is 1. The maximum Gasteiger partial charge on any atom is 0.0666 e. The van der Waals surface area contributed by atoms with Crippen LogP contribution in [0.4, 0.5) is 0 Å². The molecule has 0 aliphatic carbocycles. The summed E-state index contributed by atoms with van der Waals surface area (Å²) in [6.45, 7) is 3.65. The molecule has 4 nitrogen and oxygen atoms in total. The molecule has 1 fully saturated rings. The fourth-order valence-corrected chi connectivity index (χ4v) is 1.29. The van der Waals surface area contributed by atoms with Crippen LogP contribution in [0.5, 0.6) is 0 Å². The highest BCUT2D eigenvalue weighted by Crippen LogP contribution is 2.08. The smallest absolute Gasteiger partial charge is 0.0666 e. The molecule has 0 saturated carbocycles. The van der Waals surface area contributed by atoms with E-state index in [2.05, 4.69) is 10.6 Å². The highest BCUT2D eigenvalue weighted by atomic mass is 16.5. The van der Waals surface area contributed by atoms with E-state index < -0.39 is 0 Å². The molecule has 0 atom stereocenters. The number of hydrogen-bond acceptors (Lipinski definition) is 4. The monoisotopic (exact) mass is 174 g/mol. The Balaban J connectivity index is 2.04. The van der Waals surface area contributed by atoms with Crippen LogP contribution < -0.4 is 10.6 Å². The molecule has 1 rings (SSSR count). The third-order valence-electron chi connectivity index (χ3n) is 2.25. The van der Waals surface area contributed by atoms with Gasteiger partial charge in [0.15, 0.2) is 0 Å². The van der Waals surface area contributed by atoms with Crippen LogP contribution in [0.3, 0.4) is 0 Å². The lowest BCUT2D eigenvalue weighted by Gasteiger charge is -2.42. The van der Waals surface area contributed by atoms with E-state index in [4.69, 9.17) is 9.84 Å². The molecule has 0 amide bonds. The van der Waals surface area contributed by atoms with Gasteiger partial charge in [-0.1, -0.05) is 0 Å². The number of hydrogen-bond donors (Lipinski definition) is 3. The molecule has 3 N–H and O–H groups in total. The maximum atomic E-state index is 9.06. The second kappa shape index (κ2) is 4.77. The Labute approximate surface area is 73.3 Å². The summed E-state index contributed by atoms with van der Waals surface area (Å²) < 4.78 is 4.92. The van der Waals surface area contributed by atoms with Crippen molar-refractivity contribution in [2.45, 2.75) is 12.0 Å². The molecule has 1 aliphatic heterocycles. The van der Waals surface area contributed by atoms with Crippen molar-refractivity contribution in [3.8, 4) is 0 Å². The Morgan fingerprint density at radius 2 is 2.33 bits per heavy atom. The molecule has 0 bridgehead atoms. The minimum absolute atomic E-state index is 0.0479. The zero-order valence-corrected chi connectivity index (χ0v) is 7.60. The number of methoxy groups -OCH3 is 1. The predicted molar refractivity (Wildman–Crippen MR) is 47.2 cm³/mol. The van der Waals surface area contributed by atoms with Gasteiger partial charge in [-0.15, -0.1) is 0 Å². The molecule has 0 unspecified atom stereocenters. The molecule has 1 saturated heterocycles. The molecular formula is C8H18N2O2. The van der Waals surface area contributed by atoms with Gasteiger partial charge in [-0.2, -0.15) is 0 Å². The highest BCUT2D eigenvalue weighted by Gasteiger charge is 2.35. The van der Waals surface area contributed by atoms with Gasteiger partial charge in [0.1, 0.15) is 0 Å². The van der Waals surface area contributed by atoms with Crippen LogP contribution >= 0.6 is 0 Å². The van der Waals surface area contributed by atoms with Crippen molar-refractivity contribution in [1.82, 2.24) is 10.6 Å². The Hall–Kier alpha value is -0.160. The van der Waals surface area contributed by atoms with Crippen molar-refractivity contribution in [2.24, 2.45) is 0 Å². The van der Waals surface area contributed by atoms with Gasteiger partial charge in [-0.25, -0.2) is 0 Å². The molecule has 1 aliphatic rings. The Kier molecular flexibility index (Phi) is 3.94. The van der Waals surface area contributed by atoms with Crippen LogP contribution in [0.1, 0.15) is 6.42 Å². The first-order valence-corrected chi connectivity index (χ1v) is 4.38. The fourth-order valence-electron chi connectivity index (χ4n) is 1.29. The molecule has 0 aromatic rings. The minimum Gasteiger partial charge on any atom is -0.394 e. The van der Waals surface area contributed by atoms with Crippen LogP contribution in [0.25, 0.3) is 0 Å². The van der Waals surface area contributed by atoms with Crippen molar-refractivity contribution in [2.75, 3.05) is 40.0 Å². The van der Waals surface area contributed by atoms with Gasteiger partial charge in [0.2, 0.25) is 0 Å². The summed E-state index contributed by atoms with van der Waals surface area (Å²) in [5, 5.41) is 15.5. The number of rotatable bonds is 6. The largest absolute Gasteiger partial charge is 0.394 e. The van der Waals surface area contributed by atoms with Crippen molar-refractivity contribution >= 4 is 0 Å². The minimum atomic E-state index is -0.0479. The number of ether oxygens (including phenoxy) is 1. The fraction of sp³-hybridized carbons (Fsp3) is 1.00. The van der Waals surface area contributed by atoms with Crippen LogP contribution in [0.2, 0.25) is 0 Å². The summed E-state index contributed by atoms with van der Waals surface area (Å²) in [4.78, 5) is 0. The Morgan fingerprint density at radius 3 is 2.75 bits per heavy atom. The Bertz CT molecular complexity index is 121. The van der Waals surface area contributed by atoms with Crippen LogP contribution in [0.15, 0.2) is 0 Å². The summed E-state index contributed by atoms with van der Waals surface area (Å²) in [5.74, 6) is 0. The maximum absolute atomic E-state index is 9.06. The van der Waals surface area contributed by atoms with Crippen LogP contribution in [-0.2, 0) is 4.74 Å². The van der Waals surface area contributed by atoms with E-state index in [1.54, 1.807) is 7.11 Å². The Morgan fingerprint density at radius 1 is 1.58 bits per heavy atom. The molecule has 0 aromatic heterocycles. The lowest BCUT2D eigenvalue weighted by molar-refractivity contribution is 0.105. The molecule has 0 radical (unpaired) electrons. The first-order valence-electron chi connectivity index (χ1n) is 4.38. The van der Waals surface area contributed by atoms with E-state index >= 15 is 0 Å². The van der Waals surface area contributed by atoms with Gasteiger partial charge in [-0.3, -0.25) is 0 Å². The molecule has 72 valence electrons. The first-order chi connectivity index (χ1) is 5.83. The van der Waals surface area contributed by atoms with Crippen molar-refractivity contribution < 1.29 is 9.84 Å². The average molecular weight is 174 g/mol. The summed E-state index contributed by atoms with van der Waals surface area (Å²) in [7, 11) is 1.70.